The summed E-state index contributed by atoms with van der Waals surface area (Å²) in [7, 11) is 1.31. The van der Waals surface area contributed by atoms with Crippen molar-refractivity contribution in [1.82, 2.24) is 0 Å². The van der Waals surface area contributed by atoms with Gasteiger partial charge in [0.05, 0.1) is 23.8 Å². The molecule has 1 aromatic carbocycles. The van der Waals surface area contributed by atoms with Gasteiger partial charge in [-0.15, -0.1) is 0 Å². The van der Waals surface area contributed by atoms with Gasteiger partial charge in [-0.3, -0.25) is 10.1 Å². The van der Waals surface area contributed by atoms with Crippen LogP contribution in [0.25, 0.3) is 0 Å². The summed E-state index contributed by atoms with van der Waals surface area (Å²) in [6.07, 6.45) is 2.80. The van der Waals surface area contributed by atoms with E-state index in [0.29, 0.717) is 6.54 Å². The van der Waals surface area contributed by atoms with Crippen molar-refractivity contribution in [2.24, 2.45) is 5.73 Å². The second-order valence-corrected chi connectivity index (χ2v) is 4.48. The maximum Gasteiger partial charge on any atom is 0.313 e. The van der Waals surface area contributed by atoms with Crippen molar-refractivity contribution in [3.8, 4) is 5.75 Å². The third-order valence-corrected chi connectivity index (χ3v) is 3.02. The number of anilines is 1. The smallest absolute Gasteiger partial charge is 0.313 e. The van der Waals surface area contributed by atoms with Crippen LogP contribution in [0.2, 0.25) is 0 Å². The van der Waals surface area contributed by atoms with Gasteiger partial charge in [0, 0.05) is 18.7 Å². The SMILES string of the molecule is CCCCC(CN)Nc1cc(OC)c([N+](=O)[O-])cc1F. The van der Waals surface area contributed by atoms with Gasteiger partial charge in [0.15, 0.2) is 11.6 Å². The Labute approximate surface area is 117 Å². The Hall–Kier alpha value is -1.89. The monoisotopic (exact) mass is 285 g/mol. The Morgan fingerprint density at radius 2 is 2.25 bits per heavy atom. The molecule has 20 heavy (non-hydrogen) atoms. The summed E-state index contributed by atoms with van der Waals surface area (Å²) in [6, 6.07) is 2.08. The van der Waals surface area contributed by atoms with Crippen LogP contribution in [0.15, 0.2) is 12.1 Å². The topological polar surface area (TPSA) is 90.4 Å². The minimum Gasteiger partial charge on any atom is -0.490 e. The molecule has 1 atom stereocenters. The van der Waals surface area contributed by atoms with E-state index in [1.54, 1.807) is 0 Å². The van der Waals surface area contributed by atoms with E-state index in [-0.39, 0.29) is 17.5 Å². The molecule has 0 heterocycles. The second kappa shape index (κ2) is 7.64. The van der Waals surface area contributed by atoms with Gasteiger partial charge < -0.3 is 15.8 Å². The number of nitrogens with one attached hydrogen (secondary N) is 1. The number of nitro benzene ring substituents is 1. The fourth-order valence-corrected chi connectivity index (χ4v) is 1.88. The number of hydrogen-bond donors (Lipinski definition) is 2. The number of rotatable bonds is 8. The van der Waals surface area contributed by atoms with E-state index in [4.69, 9.17) is 10.5 Å². The van der Waals surface area contributed by atoms with Gasteiger partial charge in [-0.05, 0) is 6.42 Å². The predicted molar refractivity (Wildman–Crippen MR) is 75.6 cm³/mol. The number of benzene rings is 1. The Bertz CT molecular complexity index is 468. The number of nitrogens with two attached hydrogens (primary N) is 1. The van der Waals surface area contributed by atoms with Crippen molar-refractivity contribution in [3.63, 3.8) is 0 Å². The molecule has 0 bridgehead atoms. The third-order valence-electron chi connectivity index (χ3n) is 3.02. The summed E-state index contributed by atoms with van der Waals surface area (Å²) in [4.78, 5) is 10.1. The fraction of sp³-hybridized carbons (Fsp3) is 0.538. The first-order valence-electron chi connectivity index (χ1n) is 6.52. The lowest BCUT2D eigenvalue weighted by atomic mass is 10.1. The highest BCUT2D eigenvalue weighted by molar-refractivity contribution is 5.59. The van der Waals surface area contributed by atoms with Crippen LogP contribution in [0.4, 0.5) is 15.8 Å². The average molecular weight is 285 g/mol. The maximum atomic E-state index is 13.9. The lowest BCUT2D eigenvalue weighted by molar-refractivity contribution is -0.385. The van der Waals surface area contributed by atoms with E-state index in [9.17, 15) is 14.5 Å². The molecule has 0 aliphatic rings. The Kier molecular flexibility index (Phi) is 6.17. The molecule has 6 nitrogen and oxygen atoms in total. The van der Waals surface area contributed by atoms with Gasteiger partial charge in [0.1, 0.15) is 0 Å². The summed E-state index contributed by atoms with van der Waals surface area (Å²) in [5.41, 5.74) is 5.41. The van der Waals surface area contributed by atoms with Gasteiger partial charge >= 0.3 is 5.69 Å². The molecule has 0 aliphatic carbocycles. The highest BCUT2D eigenvalue weighted by atomic mass is 19.1. The molecule has 0 aromatic heterocycles. The quantitative estimate of drug-likeness (QED) is 0.566. The summed E-state index contributed by atoms with van der Waals surface area (Å²) in [6.45, 7) is 2.42. The minimum atomic E-state index is -0.688. The van der Waals surface area contributed by atoms with Crippen molar-refractivity contribution in [2.45, 2.75) is 32.2 Å². The Balaban J connectivity index is 2.97. The minimum absolute atomic E-state index is 0.0187. The van der Waals surface area contributed by atoms with Crippen LogP contribution in [0.5, 0.6) is 5.75 Å². The lowest BCUT2D eigenvalue weighted by Gasteiger charge is -2.18. The lowest BCUT2D eigenvalue weighted by Crippen LogP contribution is -2.29. The van der Waals surface area contributed by atoms with E-state index >= 15 is 0 Å². The fourth-order valence-electron chi connectivity index (χ4n) is 1.88. The number of nitrogens with zero attached hydrogens (tertiary/aromatic N) is 1. The van der Waals surface area contributed by atoms with E-state index in [1.807, 2.05) is 0 Å². The second-order valence-electron chi connectivity index (χ2n) is 4.48. The molecule has 3 N–H and O–H groups in total. The first-order valence-corrected chi connectivity index (χ1v) is 6.52. The molecule has 1 rings (SSSR count). The molecular weight excluding hydrogens is 265 g/mol. The molecule has 1 unspecified atom stereocenters. The molecule has 0 saturated heterocycles. The van der Waals surface area contributed by atoms with Crippen LogP contribution in [-0.4, -0.2) is 24.6 Å². The normalized spacial score (nSPS) is 12.0. The van der Waals surface area contributed by atoms with E-state index in [2.05, 4.69) is 12.2 Å². The summed E-state index contributed by atoms with van der Waals surface area (Å²) < 4.78 is 18.8. The zero-order chi connectivity index (χ0) is 15.1. The standard InChI is InChI=1S/C13H20FN3O3/c1-3-4-5-9(8-15)16-11-7-13(20-2)12(17(18)19)6-10(11)14/h6-7,9,16H,3-5,8,15H2,1-2H3. The molecule has 0 amide bonds. The molecular formula is C13H20FN3O3. The van der Waals surface area contributed by atoms with E-state index < -0.39 is 16.4 Å². The molecule has 0 saturated carbocycles. The maximum absolute atomic E-state index is 13.9. The molecule has 7 heteroatoms. The Morgan fingerprint density at radius 1 is 1.55 bits per heavy atom. The van der Waals surface area contributed by atoms with Crippen LogP contribution in [0, 0.1) is 15.9 Å². The molecule has 0 spiro atoms. The summed E-state index contributed by atoms with van der Waals surface area (Å²) >= 11 is 0. The van der Waals surface area contributed by atoms with Crippen LogP contribution >= 0.6 is 0 Å². The molecule has 0 radical (unpaired) electrons. The van der Waals surface area contributed by atoms with Crippen LogP contribution < -0.4 is 15.8 Å². The first-order chi connectivity index (χ1) is 9.53. The number of hydrogen-bond acceptors (Lipinski definition) is 5. The van der Waals surface area contributed by atoms with Crippen LogP contribution in [0.1, 0.15) is 26.2 Å². The molecule has 0 aliphatic heterocycles. The number of unbranched alkanes of at least 4 members (excludes halogenated alkanes) is 1. The number of halogens is 1. The molecule has 0 fully saturated rings. The van der Waals surface area contributed by atoms with Crippen molar-refractivity contribution >= 4 is 11.4 Å². The first kappa shape index (κ1) is 16.2. The molecule has 1 aromatic rings. The van der Waals surface area contributed by atoms with Crippen molar-refractivity contribution < 1.29 is 14.1 Å². The van der Waals surface area contributed by atoms with Gasteiger partial charge in [-0.25, -0.2) is 4.39 Å². The zero-order valence-corrected chi connectivity index (χ0v) is 11.7. The largest absolute Gasteiger partial charge is 0.490 e. The van der Waals surface area contributed by atoms with Crippen molar-refractivity contribution in [3.05, 3.63) is 28.1 Å². The molecule has 112 valence electrons. The van der Waals surface area contributed by atoms with Gasteiger partial charge in [0.25, 0.3) is 0 Å². The van der Waals surface area contributed by atoms with Crippen molar-refractivity contribution in [2.75, 3.05) is 19.0 Å². The third kappa shape index (κ3) is 4.06. The summed E-state index contributed by atoms with van der Waals surface area (Å²) in [5.74, 6) is -0.669. The number of ether oxygens (including phenoxy) is 1. The highest BCUT2D eigenvalue weighted by Gasteiger charge is 2.20. The van der Waals surface area contributed by atoms with Crippen molar-refractivity contribution in [1.29, 1.82) is 0 Å². The van der Waals surface area contributed by atoms with E-state index in [1.165, 1.54) is 13.2 Å². The summed E-state index contributed by atoms with van der Waals surface area (Å²) in [5, 5.41) is 13.8. The van der Waals surface area contributed by atoms with Gasteiger partial charge in [0.2, 0.25) is 0 Å². The highest BCUT2D eigenvalue weighted by Crippen LogP contribution is 2.32. The predicted octanol–water partition coefficient (Wildman–Crippen LogP) is 2.67. The van der Waals surface area contributed by atoms with Gasteiger partial charge in [-0.2, -0.15) is 0 Å². The van der Waals surface area contributed by atoms with Crippen LogP contribution in [-0.2, 0) is 0 Å². The van der Waals surface area contributed by atoms with E-state index in [0.717, 1.165) is 25.3 Å². The van der Waals surface area contributed by atoms with Crippen LogP contribution in [0.3, 0.4) is 0 Å². The Morgan fingerprint density at radius 3 is 2.75 bits per heavy atom. The zero-order valence-electron chi connectivity index (χ0n) is 11.7. The average Bonchev–Trinajstić information content (AvgIpc) is 2.44. The van der Waals surface area contributed by atoms with Gasteiger partial charge in [-0.1, -0.05) is 19.8 Å². The number of nitro groups is 1. The number of methoxy groups -OCH3 is 1.